The number of nitrogens with zero attached hydrogens (tertiary/aromatic N) is 2. The van der Waals surface area contributed by atoms with Crippen LogP contribution in [0.15, 0.2) is 29.3 Å². The van der Waals surface area contributed by atoms with Gasteiger partial charge in [-0.3, -0.25) is 4.79 Å². The van der Waals surface area contributed by atoms with Crippen molar-refractivity contribution in [2.75, 3.05) is 32.8 Å². The third kappa shape index (κ3) is 10.1. The van der Waals surface area contributed by atoms with Gasteiger partial charge in [0.25, 0.3) is 0 Å². The summed E-state index contributed by atoms with van der Waals surface area (Å²) < 4.78 is 5.89. The Hall–Kier alpha value is -1.51. The number of rotatable bonds is 11. The Bertz CT molecular complexity index is 590. The molecular formula is C21H37IN4O2. The predicted octanol–water partition coefficient (Wildman–Crippen LogP) is 3.65. The number of hydrogen-bond acceptors (Lipinski definition) is 3. The summed E-state index contributed by atoms with van der Waals surface area (Å²) in [6.45, 7) is 14.3. The minimum atomic E-state index is 0. The van der Waals surface area contributed by atoms with Crippen LogP contribution in [0.1, 0.15) is 46.6 Å². The number of amides is 1. The van der Waals surface area contributed by atoms with Gasteiger partial charge in [-0.15, -0.1) is 24.0 Å². The summed E-state index contributed by atoms with van der Waals surface area (Å²) in [6.07, 6.45) is 0.459. The number of guanidine groups is 1. The number of carbonyl (C=O) groups is 1. The fraction of sp³-hybridized carbons (Fsp3) is 0.619. The number of hydrogen-bond donors (Lipinski definition) is 2. The molecular weight excluding hydrogens is 467 g/mol. The number of para-hydroxylation sites is 1. The van der Waals surface area contributed by atoms with Crippen molar-refractivity contribution in [1.29, 1.82) is 0 Å². The van der Waals surface area contributed by atoms with Gasteiger partial charge in [0.15, 0.2) is 5.96 Å². The SMILES string of the molecule is CCNC(=NCc1ccccc1OCC(C)C)NCCC(=O)N(CC)CC.I. The molecule has 0 heterocycles. The fourth-order valence-corrected chi connectivity index (χ4v) is 2.56. The second-order valence-electron chi connectivity index (χ2n) is 6.75. The van der Waals surface area contributed by atoms with Gasteiger partial charge in [0.2, 0.25) is 5.91 Å². The lowest BCUT2D eigenvalue weighted by Gasteiger charge is -2.19. The molecule has 0 unspecified atom stereocenters. The quantitative estimate of drug-likeness (QED) is 0.274. The maximum absolute atomic E-state index is 12.1. The van der Waals surface area contributed by atoms with E-state index in [4.69, 9.17) is 4.74 Å². The first kappa shape index (κ1) is 26.5. The van der Waals surface area contributed by atoms with Crippen LogP contribution in [0.2, 0.25) is 0 Å². The normalized spacial score (nSPS) is 11.0. The molecule has 6 nitrogen and oxygen atoms in total. The van der Waals surface area contributed by atoms with Gasteiger partial charge in [-0.1, -0.05) is 32.0 Å². The maximum Gasteiger partial charge on any atom is 0.224 e. The lowest BCUT2D eigenvalue weighted by Crippen LogP contribution is -2.40. The molecule has 1 rings (SSSR count). The van der Waals surface area contributed by atoms with Gasteiger partial charge in [-0.25, -0.2) is 4.99 Å². The van der Waals surface area contributed by atoms with Crippen LogP contribution in [-0.2, 0) is 11.3 Å². The molecule has 0 spiro atoms. The van der Waals surface area contributed by atoms with Crippen LogP contribution in [-0.4, -0.2) is 49.6 Å². The van der Waals surface area contributed by atoms with Gasteiger partial charge in [0.1, 0.15) is 5.75 Å². The minimum absolute atomic E-state index is 0. The van der Waals surface area contributed by atoms with E-state index in [1.807, 2.05) is 49.9 Å². The lowest BCUT2D eigenvalue weighted by atomic mass is 10.2. The Kier molecular flexibility index (Phi) is 14.6. The second-order valence-corrected chi connectivity index (χ2v) is 6.75. The molecule has 0 atom stereocenters. The maximum atomic E-state index is 12.1. The van der Waals surface area contributed by atoms with E-state index in [2.05, 4.69) is 29.5 Å². The van der Waals surface area contributed by atoms with Crippen LogP contribution in [0, 0.1) is 5.92 Å². The highest BCUT2D eigenvalue weighted by Gasteiger charge is 2.09. The van der Waals surface area contributed by atoms with Crippen LogP contribution >= 0.6 is 24.0 Å². The van der Waals surface area contributed by atoms with Crippen molar-refractivity contribution in [3.05, 3.63) is 29.8 Å². The van der Waals surface area contributed by atoms with Crippen LogP contribution in [0.4, 0.5) is 0 Å². The number of benzene rings is 1. The zero-order chi connectivity index (χ0) is 20.1. The van der Waals surface area contributed by atoms with Crippen molar-refractivity contribution >= 4 is 35.8 Å². The Morgan fingerprint density at radius 1 is 1.14 bits per heavy atom. The first-order chi connectivity index (χ1) is 13.0. The Labute approximate surface area is 187 Å². The summed E-state index contributed by atoms with van der Waals surface area (Å²) in [5.74, 6) is 2.23. The smallest absolute Gasteiger partial charge is 0.224 e. The molecule has 28 heavy (non-hydrogen) atoms. The van der Waals surface area contributed by atoms with E-state index in [0.717, 1.165) is 30.9 Å². The summed E-state index contributed by atoms with van der Waals surface area (Å²) in [5, 5.41) is 6.47. The average molecular weight is 504 g/mol. The van der Waals surface area contributed by atoms with Crippen molar-refractivity contribution in [3.63, 3.8) is 0 Å². The van der Waals surface area contributed by atoms with Crippen molar-refractivity contribution in [3.8, 4) is 5.75 Å². The molecule has 0 fully saturated rings. The summed E-state index contributed by atoms with van der Waals surface area (Å²) in [4.78, 5) is 18.6. The molecule has 0 saturated carbocycles. The first-order valence-electron chi connectivity index (χ1n) is 10.0. The van der Waals surface area contributed by atoms with Gasteiger partial charge < -0.3 is 20.3 Å². The van der Waals surface area contributed by atoms with E-state index in [9.17, 15) is 4.79 Å². The van der Waals surface area contributed by atoms with Crippen molar-refractivity contribution in [1.82, 2.24) is 15.5 Å². The fourth-order valence-electron chi connectivity index (χ4n) is 2.56. The highest BCUT2D eigenvalue weighted by Crippen LogP contribution is 2.19. The molecule has 0 bridgehead atoms. The van der Waals surface area contributed by atoms with Crippen molar-refractivity contribution in [2.24, 2.45) is 10.9 Å². The molecule has 1 aromatic rings. The van der Waals surface area contributed by atoms with Gasteiger partial charge in [0.05, 0.1) is 13.2 Å². The molecule has 0 aliphatic heterocycles. The zero-order valence-corrected chi connectivity index (χ0v) is 20.3. The van der Waals surface area contributed by atoms with Crippen LogP contribution in [0.25, 0.3) is 0 Å². The third-order valence-corrected chi connectivity index (χ3v) is 4.04. The molecule has 0 aromatic heterocycles. The van der Waals surface area contributed by atoms with Crippen molar-refractivity contribution in [2.45, 2.75) is 47.6 Å². The van der Waals surface area contributed by atoms with Gasteiger partial charge in [0, 0.05) is 38.2 Å². The molecule has 2 N–H and O–H groups in total. The van der Waals surface area contributed by atoms with Crippen molar-refractivity contribution < 1.29 is 9.53 Å². The predicted molar refractivity (Wildman–Crippen MR) is 128 cm³/mol. The second kappa shape index (κ2) is 15.4. The van der Waals surface area contributed by atoms with Gasteiger partial charge >= 0.3 is 0 Å². The van der Waals surface area contributed by atoms with E-state index in [0.29, 0.717) is 38.0 Å². The zero-order valence-electron chi connectivity index (χ0n) is 18.0. The summed E-state index contributed by atoms with van der Waals surface area (Å²) >= 11 is 0. The minimum Gasteiger partial charge on any atom is -0.493 e. The highest BCUT2D eigenvalue weighted by atomic mass is 127. The topological polar surface area (TPSA) is 66.0 Å². The molecule has 1 amide bonds. The molecule has 0 aliphatic carbocycles. The van der Waals surface area contributed by atoms with Crippen LogP contribution in [0.3, 0.4) is 0 Å². The Balaban J connectivity index is 0.00000729. The molecule has 7 heteroatoms. The number of carbonyl (C=O) groups excluding carboxylic acids is 1. The molecule has 0 saturated heterocycles. The number of halogens is 1. The largest absolute Gasteiger partial charge is 0.493 e. The van der Waals surface area contributed by atoms with Gasteiger partial charge in [-0.2, -0.15) is 0 Å². The van der Waals surface area contributed by atoms with Crippen LogP contribution in [0.5, 0.6) is 5.75 Å². The Morgan fingerprint density at radius 3 is 2.43 bits per heavy atom. The monoisotopic (exact) mass is 504 g/mol. The van der Waals surface area contributed by atoms with E-state index < -0.39 is 0 Å². The highest BCUT2D eigenvalue weighted by molar-refractivity contribution is 14.0. The van der Waals surface area contributed by atoms with E-state index in [1.165, 1.54) is 0 Å². The van der Waals surface area contributed by atoms with E-state index >= 15 is 0 Å². The van der Waals surface area contributed by atoms with E-state index in [1.54, 1.807) is 0 Å². The number of ether oxygens (including phenoxy) is 1. The molecule has 1 aromatic carbocycles. The third-order valence-electron chi connectivity index (χ3n) is 4.04. The number of nitrogens with one attached hydrogen (secondary N) is 2. The molecule has 160 valence electrons. The summed E-state index contributed by atoms with van der Waals surface area (Å²) in [6, 6.07) is 7.99. The standard InChI is InChI=1S/C21H36N4O2.HI/c1-6-22-21(23-14-13-20(26)25(7-2)8-3)24-15-18-11-9-10-12-19(18)27-16-17(4)5;/h9-12,17H,6-8,13-16H2,1-5H3,(H2,22,23,24);1H. The van der Waals surface area contributed by atoms with E-state index in [-0.39, 0.29) is 29.9 Å². The number of aliphatic imine (C=N–C) groups is 1. The molecule has 0 aliphatic rings. The molecule has 0 radical (unpaired) electrons. The average Bonchev–Trinajstić information content (AvgIpc) is 2.66. The van der Waals surface area contributed by atoms with Gasteiger partial charge in [-0.05, 0) is 32.8 Å². The lowest BCUT2D eigenvalue weighted by molar-refractivity contribution is -0.130. The first-order valence-corrected chi connectivity index (χ1v) is 10.0. The van der Waals surface area contributed by atoms with Crippen LogP contribution < -0.4 is 15.4 Å². The summed E-state index contributed by atoms with van der Waals surface area (Å²) in [5.41, 5.74) is 1.05. The Morgan fingerprint density at radius 2 is 1.82 bits per heavy atom. The summed E-state index contributed by atoms with van der Waals surface area (Å²) in [7, 11) is 0.